The van der Waals surface area contributed by atoms with Crippen molar-refractivity contribution in [3.8, 4) is 6.07 Å². The number of amides is 1. The molecule has 1 aromatic carbocycles. The molecule has 1 aromatic rings. The number of halogens is 3. The highest BCUT2D eigenvalue weighted by molar-refractivity contribution is 7.89. The maximum absolute atomic E-state index is 13.7. The highest BCUT2D eigenvalue weighted by atomic mass is 32.2. The summed E-state index contributed by atoms with van der Waals surface area (Å²) in [6.07, 6.45) is -4.80. The Bertz CT molecular complexity index is 1180. The number of carbonyl (C=O) groups excluding carboxylic acids is 1. The number of carbonyl (C=O) groups is 1. The van der Waals surface area contributed by atoms with Gasteiger partial charge in [0, 0.05) is 18.0 Å². The Morgan fingerprint density at radius 1 is 1.36 bits per heavy atom. The van der Waals surface area contributed by atoms with E-state index in [1.165, 1.54) is 24.0 Å². The average Bonchev–Trinajstić information content (AvgIpc) is 3.30. The Balaban J connectivity index is 1.58. The number of benzene rings is 1. The molecule has 1 spiro atoms. The monoisotopic (exact) mass is 485 g/mol. The first-order valence-corrected chi connectivity index (χ1v) is 12.3. The predicted molar refractivity (Wildman–Crippen MR) is 108 cm³/mol. The molecular formula is C21H22F3N3O5S. The highest BCUT2D eigenvalue weighted by Crippen LogP contribution is 2.65. The number of rotatable bonds is 4. The van der Waals surface area contributed by atoms with E-state index in [1.807, 2.05) is 0 Å². The Kier molecular flexibility index (Phi) is 4.73. The number of fused-ring (bicyclic) bond motifs is 2. The number of sulfonamides is 1. The fourth-order valence-corrected chi connectivity index (χ4v) is 7.02. The van der Waals surface area contributed by atoms with E-state index in [1.54, 1.807) is 6.92 Å². The van der Waals surface area contributed by atoms with Crippen molar-refractivity contribution in [3.05, 3.63) is 29.3 Å². The fraction of sp³-hybridized carbons (Fsp3) is 0.619. The molecule has 0 aliphatic carbocycles. The van der Waals surface area contributed by atoms with Gasteiger partial charge in [-0.3, -0.25) is 9.69 Å². The van der Waals surface area contributed by atoms with Crippen LogP contribution in [0.5, 0.6) is 0 Å². The topological polar surface area (TPSA) is 109 Å². The van der Waals surface area contributed by atoms with Gasteiger partial charge in [-0.15, -0.1) is 0 Å². The molecule has 8 nitrogen and oxygen atoms in total. The lowest BCUT2D eigenvalue weighted by Gasteiger charge is -2.42. The van der Waals surface area contributed by atoms with Crippen LogP contribution in [-0.4, -0.2) is 50.2 Å². The SMILES string of the molecule is CCS(=O)(=O)N[C@H]1C[C@@]23CCO[C@H]4[C@@H]2[C@H](C(=O)N4c2ccc(C#N)c(C(F)(F)F)c2)[C@]1(C)O3. The molecule has 12 heteroatoms. The lowest BCUT2D eigenvalue weighted by molar-refractivity contribution is -0.141. The number of hydrogen-bond acceptors (Lipinski definition) is 6. The van der Waals surface area contributed by atoms with Crippen LogP contribution in [0.1, 0.15) is 37.8 Å². The summed E-state index contributed by atoms with van der Waals surface area (Å²) in [5.41, 5.74) is -3.66. The van der Waals surface area contributed by atoms with Gasteiger partial charge in [0.15, 0.2) is 0 Å². The van der Waals surface area contributed by atoms with Crippen LogP contribution in [0.15, 0.2) is 18.2 Å². The quantitative estimate of drug-likeness (QED) is 0.700. The van der Waals surface area contributed by atoms with Gasteiger partial charge >= 0.3 is 6.18 Å². The minimum Gasteiger partial charge on any atom is -0.366 e. The van der Waals surface area contributed by atoms with Crippen molar-refractivity contribution >= 4 is 21.6 Å². The van der Waals surface area contributed by atoms with Crippen LogP contribution in [0.2, 0.25) is 0 Å². The molecule has 4 aliphatic heterocycles. The van der Waals surface area contributed by atoms with E-state index in [2.05, 4.69) is 4.72 Å². The molecule has 0 radical (unpaired) electrons. The molecule has 4 heterocycles. The molecule has 178 valence electrons. The summed E-state index contributed by atoms with van der Waals surface area (Å²) in [4.78, 5) is 14.9. The number of anilines is 1. The van der Waals surface area contributed by atoms with Crippen LogP contribution in [0, 0.1) is 23.2 Å². The number of nitrogens with one attached hydrogen (secondary N) is 1. The van der Waals surface area contributed by atoms with Gasteiger partial charge in [-0.1, -0.05) is 0 Å². The van der Waals surface area contributed by atoms with Gasteiger partial charge in [0.1, 0.15) is 6.23 Å². The molecular weight excluding hydrogens is 463 g/mol. The number of nitriles is 1. The number of alkyl halides is 3. The molecule has 0 unspecified atom stereocenters. The van der Waals surface area contributed by atoms with E-state index < -0.39 is 68.5 Å². The van der Waals surface area contributed by atoms with E-state index >= 15 is 0 Å². The Labute approximate surface area is 188 Å². The number of hydrogen-bond donors (Lipinski definition) is 1. The van der Waals surface area contributed by atoms with E-state index in [0.29, 0.717) is 12.8 Å². The van der Waals surface area contributed by atoms with Gasteiger partial charge in [-0.05, 0) is 38.5 Å². The third-order valence-electron chi connectivity index (χ3n) is 7.54. The summed E-state index contributed by atoms with van der Waals surface area (Å²) >= 11 is 0. The van der Waals surface area contributed by atoms with Crippen molar-refractivity contribution in [3.63, 3.8) is 0 Å². The molecule has 2 bridgehead atoms. The first-order valence-electron chi connectivity index (χ1n) is 10.6. The lowest BCUT2D eigenvalue weighted by Crippen LogP contribution is -2.58. The molecule has 0 aromatic heterocycles. The van der Waals surface area contributed by atoms with Gasteiger partial charge in [0.25, 0.3) is 0 Å². The molecule has 1 N–H and O–H groups in total. The average molecular weight is 485 g/mol. The van der Waals surface area contributed by atoms with Crippen LogP contribution >= 0.6 is 0 Å². The molecule has 4 fully saturated rings. The molecule has 4 aliphatic rings. The number of nitrogens with zero attached hydrogens (tertiary/aromatic N) is 2. The Hall–Kier alpha value is -2.20. The van der Waals surface area contributed by atoms with E-state index in [0.717, 1.165) is 12.1 Å². The maximum Gasteiger partial charge on any atom is 0.417 e. The largest absolute Gasteiger partial charge is 0.417 e. The second-order valence-corrected chi connectivity index (χ2v) is 11.2. The van der Waals surface area contributed by atoms with E-state index in [9.17, 15) is 26.4 Å². The standard InChI is InChI=1S/C21H22F3N3O5S/c1-3-33(29,30)26-14-9-20-6-7-31-18-16(20)15(19(14,2)32-20)17(28)27(18)12-5-4-11(10-25)13(8-12)21(22,23)24/h4-5,8,14-16,18,26H,3,6-7,9H2,1-2H3/t14-,15+,16-,18-,19+,20-/m0/s1. The van der Waals surface area contributed by atoms with E-state index in [-0.39, 0.29) is 18.0 Å². The second kappa shape index (κ2) is 6.91. The van der Waals surface area contributed by atoms with Gasteiger partial charge in [0.2, 0.25) is 15.9 Å². The van der Waals surface area contributed by atoms with Crippen molar-refractivity contribution in [1.29, 1.82) is 5.26 Å². The van der Waals surface area contributed by atoms with Crippen molar-refractivity contribution in [2.45, 2.75) is 56.3 Å². The Morgan fingerprint density at radius 3 is 2.73 bits per heavy atom. The normalized spacial score (nSPS) is 37.3. The van der Waals surface area contributed by atoms with Crippen LogP contribution in [0.3, 0.4) is 0 Å². The van der Waals surface area contributed by atoms with Crippen molar-refractivity contribution in [2.24, 2.45) is 11.8 Å². The zero-order valence-electron chi connectivity index (χ0n) is 17.8. The summed E-state index contributed by atoms with van der Waals surface area (Å²) in [6.45, 7) is 3.41. The van der Waals surface area contributed by atoms with Crippen molar-refractivity contribution in [1.82, 2.24) is 4.72 Å². The maximum atomic E-state index is 13.7. The van der Waals surface area contributed by atoms with Gasteiger partial charge < -0.3 is 9.47 Å². The van der Waals surface area contributed by atoms with E-state index in [4.69, 9.17) is 14.7 Å². The van der Waals surface area contributed by atoms with Gasteiger partial charge in [0.05, 0.1) is 52.7 Å². The van der Waals surface area contributed by atoms with Crippen LogP contribution in [0.4, 0.5) is 18.9 Å². The van der Waals surface area contributed by atoms with Gasteiger partial charge in [-0.2, -0.15) is 18.4 Å². The summed E-state index contributed by atoms with van der Waals surface area (Å²) in [5.74, 6) is -1.84. The molecule has 0 saturated carbocycles. The zero-order valence-corrected chi connectivity index (χ0v) is 18.7. The molecule has 33 heavy (non-hydrogen) atoms. The summed E-state index contributed by atoms with van der Waals surface area (Å²) in [7, 11) is -3.58. The predicted octanol–water partition coefficient (Wildman–Crippen LogP) is 2.14. The summed E-state index contributed by atoms with van der Waals surface area (Å²) in [5, 5.41) is 9.09. The van der Waals surface area contributed by atoms with Crippen LogP contribution < -0.4 is 9.62 Å². The molecule has 5 rings (SSSR count). The Morgan fingerprint density at radius 2 is 2.09 bits per heavy atom. The smallest absolute Gasteiger partial charge is 0.366 e. The van der Waals surface area contributed by atoms with Crippen molar-refractivity contribution < 1.29 is 35.9 Å². The second-order valence-electron chi connectivity index (χ2n) is 9.19. The zero-order chi connectivity index (χ0) is 24.0. The fourth-order valence-electron chi connectivity index (χ4n) is 6.10. The third kappa shape index (κ3) is 3.06. The van der Waals surface area contributed by atoms with Crippen molar-refractivity contribution in [2.75, 3.05) is 17.3 Å². The lowest BCUT2D eigenvalue weighted by atomic mass is 9.64. The molecule has 6 atom stereocenters. The first-order chi connectivity index (χ1) is 15.4. The minimum atomic E-state index is -4.77. The molecule has 1 amide bonds. The third-order valence-corrected chi connectivity index (χ3v) is 8.94. The summed E-state index contributed by atoms with van der Waals surface area (Å²) < 4.78 is 80.1. The van der Waals surface area contributed by atoms with Gasteiger partial charge in [-0.25, -0.2) is 13.1 Å². The van der Waals surface area contributed by atoms with Crippen LogP contribution in [-0.2, 0) is 30.5 Å². The summed E-state index contributed by atoms with van der Waals surface area (Å²) in [6, 6.07) is 4.04. The minimum absolute atomic E-state index is 0.0172. The highest BCUT2D eigenvalue weighted by Gasteiger charge is 2.78. The first kappa shape index (κ1) is 22.6. The molecule has 4 saturated heterocycles. The van der Waals surface area contributed by atoms with Crippen LogP contribution in [0.25, 0.3) is 0 Å². The number of ether oxygens (including phenoxy) is 2.